The van der Waals surface area contributed by atoms with Crippen molar-refractivity contribution in [2.75, 3.05) is 13.7 Å². The van der Waals surface area contributed by atoms with E-state index in [4.69, 9.17) is 9.47 Å². The molecule has 0 spiro atoms. The molecule has 0 amide bonds. The molecule has 0 N–H and O–H groups in total. The zero-order chi connectivity index (χ0) is 6.41. The van der Waals surface area contributed by atoms with Crippen LogP contribution < -0.4 is 0 Å². The van der Waals surface area contributed by atoms with Gasteiger partial charge < -0.3 is 9.47 Å². The van der Waals surface area contributed by atoms with Gasteiger partial charge >= 0.3 is 0 Å². The number of hydrogen-bond acceptors (Lipinski definition) is 2. The molecule has 0 saturated carbocycles. The minimum absolute atomic E-state index is 0.611. The quantitative estimate of drug-likeness (QED) is 0.618. The predicted octanol–water partition coefficient (Wildman–Crippen LogP) is 1.86. The van der Waals surface area contributed by atoms with Crippen LogP contribution in [0.15, 0.2) is 10.9 Å². The van der Waals surface area contributed by atoms with Crippen LogP contribution >= 0.6 is 15.9 Å². The van der Waals surface area contributed by atoms with Crippen LogP contribution in [-0.2, 0) is 9.47 Å². The van der Waals surface area contributed by atoms with E-state index in [1.165, 1.54) is 6.26 Å². The Morgan fingerprint density at radius 3 is 2.75 bits per heavy atom. The molecule has 0 rings (SSSR count). The van der Waals surface area contributed by atoms with E-state index in [9.17, 15) is 0 Å². The van der Waals surface area contributed by atoms with E-state index < -0.39 is 0 Å². The van der Waals surface area contributed by atoms with Crippen molar-refractivity contribution >= 4 is 15.9 Å². The first-order valence-corrected chi connectivity index (χ1v) is 3.11. The fraction of sp³-hybridized carbons (Fsp3) is 0.600. The second kappa shape index (κ2) is 4.97. The Morgan fingerprint density at radius 2 is 2.38 bits per heavy atom. The Labute approximate surface area is 57.6 Å². The highest BCUT2D eigenvalue weighted by Crippen LogP contribution is 2.03. The van der Waals surface area contributed by atoms with E-state index in [-0.39, 0.29) is 0 Å². The Kier molecular flexibility index (Phi) is 4.85. The molecular formula is C5H9BrO2. The highest BCUT2D eigenvalue weighted by molar-refractivity contribution is 9.11. The normalized spacial score (nSPS) is 11.1. The average molecular weight is 181 g/mol. The fourth-order valence-corrected chi connectivity index (χ4v) is 0.329. The van der Waals surface area contributed by atoms with Gasteiger partial charge in [-0.05, 0) is 22.9 Å². The van der Waals surface area contributed by atoms with E-state index in [1.807, 2.05) is 6.92 Å². The summed E-state index contributed by atoms with van der Waals surface area (Å²) < 4.78 is 10.2. The third-order valence-corrected chi connectivity index (χ3v) is 1.05. The lowest BCUT2D eigenvalue weighted by Crippen LogP contribution is -1.80. The summed E-state index contributed by atoms with van der Waals surface area (Å²) >= 11 is 3.09. The topological polar surface area (TPSA) is 18.5 Å². The zero-order valence-electron chi connectivity index (χ0n) is 4.98. The van der Waals surface area contributed by atoms with E-state index in [1.54, 1.807) is 7.11 Å². The molecule has 0 aliphatic heterocycles. The fourth-order valence-electron chi connectivity index (χ4n) is 0.197. The van der Waals surface area contributed by atoms with E-state index in [2.05, 4.69) is 15.9 Å². The first-order valence-electron chi connectivity index (χ1n) is 2.32. The van der Waals surface area contributed by atoms with Gasteiger partial charge in [0, 0.05) is 0 Å². The molecule has 0 radical (unpaired) electrons. The first kappa shape index (κ1) is 7.82. The minimum Gasteiger partial charge on any atom is -0.497 e. The Bertz CT molecular complexity index is 80.5. The summed E-state index contributed by atoms with van der Waals surface area (Å²) in [6.45, 7) is 2.57. The molecule has 8 heavy (non-hydrogen) atoms. The minimum atomic E-state index is 0.611. The molecular weight excluding hydrogens is 172 g/mol. The van der Waals surface area contributed by atoms with Gasteiger partial charge in [0.25, 0.3) is 0 Å². The molecule has 3 heteroatoms. The van der Waals surface area contributed by atoms with Crippen molar-refractivity contribution < 1.29 is 9.47 Å². The van der Waals surface area contributed by atoms with Crippen LogP contribution in [0.5, 0.6) is 0 Å². The van der Waals surface area contributed by atoms with Crippen LogP contribution in [0.1, 0.15) is 6.92 Å². The van der Waals surface area contributed by atoms with Crippen molar-refractivity contribution in [3.63, 3.8) is 0 Å². The van der Waals surface area contributed by atoms with Gasteiger partial charge in [0.05, 0.1) is 13.7 Å². The van der Waals surface area contributed by atoms with Crippen LogP contribution in [0.25, 0.3) is 0 Å². The van der Waals surface area contributed by atoms with E-state index in [0.717, 1.165) is 0 Å². The van der Waals surface area contributed by atoms with Crippen LogP contribution in [-0.4, -0.2) is 13.7 Å². The largest absolute Gasteiger partial charge is 0.497 e. The summed E-state index contributed by atoms with van der Waals surface area (Å²) in [6.07, 6.45) is 1.51. The van der Waals surface area contributed by atoms with Crippen molar-refractivity contribution in [1.29, 1.82) is 0 Å². The molecule has 0 aliphatic carbocycles. The standard InChI is InChI=1S/C5H9BrO2/c1-3-8-4-5(6)7-2/h4H,3H2,1-2H3/b5-4-. The number of hydrogen-bond donors (Lipinski definition) is 0. The highest BCUT2D eigenvalue weighted by atomic mass is 79.9. The molecule has 0 unspecified atom stereocenters. The van der Waals surface area contributed by atoms with Gasteiger partial charge in [0.1, 0.15) is 6.26 Å². The van der Waals surface area contributed by atoms with Crippen molar-refractivity contribution in [2.24, 2.45) is 0 Å². The Hall–Kier alpha value is -0.180. The molecule has 0 aromatic heterocycles. The van der Waals surface area contributed by atoms with Crippen LogP contribution in [0.2, 0.25) is 0 Å². The van der Waals surface area contributed by atoms with Gasteiger partial charge in [-0.3, -0.25) is 0 Å². The van der Waals surface area contributed by atoms with Crippen LogP contribution in [0, 0.1) is 0 Å². The smallest absolute Gasteiger partial charge is 0.196 e. The predicted molar refractivity (Wildman–Crippen MR) is 35.6 cm³/mol. The molecule has 0 fully saturated rings. The summed E-state index contributed by atoms with van der Waals surface area (Å²) in [5.74, 6) is 0. The molecule has 0 aliphatic rings. The molecule has 0 aromatic rings. The van der Waals surface area contributed by atoms with Crippen LogP contribution in [0.4, 0.5) is 0 Å². The van der Waals surface area contributed by atoms with Crippen molar-refractivity contribution in [2.45, 2.75) is 6.92 Å². The summed E-state index contributed by atoms with van der Waals surface area (Å²) in [4.78, 5) is 0. The van der Waals surface area contributed by atoms with Crippen molar-refractivity contribution in [3.05, 3.63) is 10.9 Å². The third-order valence-electron chi connectivity index (χ3n) is 0.538. The monoisotopic (exact) mass is 180 g/mol. The second-order valence-corrected chi connectivity index (χ2v) is 1.86. The zero-order valence-corrected chi connectivity index (χ0v) is 6.56. The summed E-state index contributed by atoms with van der Waals surface area (Å²) in [5.41, 5.74) is 0. The van der Waals surface area contributed by atoms with Gasteiger partial charge in [-0.1, -0.05) is 0 Å². The van der Waals surface area contributed by atoms with E-state index >= 15 is 0 Å². The highest BCUT2D eigenvalue weighted by Gasteiger charge is 1.82. The number of ether oxygens (including phenoxy) is 2. The number of methoxy groups -OCH3 is 1. The molecule has 0 aromatic carbocycles. The molecule has 0 atom stereocenters. The Morgan fingerprint density at radius 1 is 1.75 bits per heavy atom. The van der Waals surface area contributed by atoms with Gasteiger partial charge in [-0.15, -0.1) is 0 Å². The van der Waals surface area contributed by atoms with Crippen molar-refractivity contribution in [3.8, 4) is 0 Å². The molecule has 0 bridgehead atoms. The van der Waals surface area contributed by atoms with Gasteiger partial charge in [0.15, 0.2) is 4.67 Å². The maximum Gasteiger partial charge on any atom is 0.196 e. The Balaban J connectivity index is 3.26. The molecule has 48 valence electrons. The third kappa shape index (κ3) is 3.99. The molecule has 0 heterocycles. The van der Waals surface area contributed by atoms with Crippen LogP contribution in [0.3, 0.4) is 0 Å². The first-order chi connectivity index (χ1) is 3.81. The van der Waals surface area contributed by atoms with Gasteiger partial charge in [-0.2, -0.15) is 0 Å². The lowest BCUT2D eigenvalue weighted by atomic mass is 10.9. The number of halogens is 1. The van der Waals surface area contributed by atoms with Gasteiger partial charge in [-0.25, -0.2) is 0 Å². The van der Waals surface area contributed by atoms with E-state index in [0.29, 0.717) is 11.3 Å². The number of rotatable bonds is 3. The summed E-state index contributed by atoms with van der Waals surface area (Å²) in [6, 6.07) is 0. The average Bonchev–Trinajstić information content (AvgIpc) is 1.83. The maximum absolute atomic E-state index is 4.85. The van der Waals surface area contributed by atoms with Gasteiger partial charge in [0.2, 0.25) is 0 Å². The SMILES string of the molecule is CCO/C=C(/Br)OC. The lowest BCUT2D eigenvalue weighted by molar-refractivity contribution is 0.238. The molecule has 2 nitrogen and oxygen atoms in total. The van der Waals surface area contributed by atoms with Crippen molar-refractivity contribution in [1.82, 2.24) is 0 Å². The lowest BCUT2D eigenvalue weighted by Gasteiger charge is -1.95. The maximum atomic E-state index is 4.85. The second-order valence-electron chi connectivity index (χ2n) is 1.08. The molecule has 0 saturated heterocycles. The summed E-state index contributed by atoms with van der Waals surface area (Å²) in [5, 5.41) is 0. The summed E-state index contributed by atoms with van der Waals surface area (Å²) in [7, 11) is 1.57.